The standard InChI is InChI=1S/C14H15ClN2/c15-14-16-12-8-4-5-9-13(12)17(14)10-11-6-2-1-3-7-11/h1-3,6-7H,4-5,8-10H2. The first-order valence-corrected chi connectivity index (χ1v) is 6.50. The van der Waals surface area contributed by atoms with E-state index < -0.39 is 0 Å². The monoisotopic (exact) mass is 246 g/mol. The largest absolute Gasteiger partial charge is 0.314 e. The smallest absolute Gasteiger partial charge is 0.203 e. The van der Waals surface area contributed by atoms with E-state index in [1.54, 1.807) is 0 Å². The summed E-state index contributed by atoms with van der Waals surface area (Å²) in [5, 5.41) is 0.640. The first-order valence-electron chi connectivity index (χ1n) is 6.12. The molecule has 0 fully saturated rings. The molecule has 1 aromatic carbocycles. The minimum absolute atomic E-state index is 0.640. The van der Waals surface area contributed by atoms with Crippen molar-refractivity contribution in [2.24, 2.45) is 0 Å². The summed E-state index contributed by atoms with van der Waals surface area (Å²) in [6.45, 7) is 0.835. The molecule has 0 amide bonds. The van der Waals surface area contributed by atoms with Crippen LogP contribution >= 0.6 is 11.6 Å². The summed E-state index contributed by atoms with van der Waals surface area (Å²) in [5.74, 6) is 0. The number of aromatic nitrogens is 2. The van der Waals surface area contributed by atoms with Crippen molar-refractivity contribution in [3.8, 4) is 0 Å². The average Bonchev–Trinajstić information content (AvgIpc) is 2.68. The number of fused-ring (bicyclic) bond motifs is 1. The summed E-state index contributed by atoms with van der Waals surface area (Å²) in [6.07, 6.45) is 4.69. The van der Waals surface area contributed by atoms with Gasteiger partial charge in [0.2, 0.25) is 5.28 Å². The Labute approximate surface area is 106 Å². The van der Waals surface area contributed by atoms with Gasteiger partial charge in [-0.15, -0.1) is 0 Å². The first-order chi connectivity index (χ1) is 8.34. The Bertz CT molecular complexity index is 517. The highest BCUT2D eigenvalue weighted by Crippen LogP contribution is 2.25. The fraction of sp³-hybridized carbons (Fsp3) is 0.357. The van der Waals surface area contributed by atoms with Crippen LogP contribution < -0.4 is 0 Å². The summed E-state index contributed by atoms with van der Waals surface area (Å²) in [5.41, 5.74) is 3.82. The molecule has 1 aliphatic rings. The molecule has 1 aromatic heterocycles. The molecule has 1 aliphatic carbocycles. The molecule has 17 heavy (non-hydrogen) atoms. The highest BCUT2D eigenvalue weighted by molar-refractivity contribution is 6.28. The molecule has 3 rings (SSSR count). The minimum Gasteiger partial charge on any atom is -0.314 e. The van der Waals surface area contributed by atoms with E-state index >= 15 is 0 Å². The Morgan fingerprint density at radius 3 is 2.71 bits per heavy atom. The topological polar surface area (TPSA) is 17.8 Å². The number of aryl methyl sites for hydroxylation is 1. The molecule has 1 heterocycles. The molecule has 0 saturated carbocycles. The normalized spacial score (nSPS) is 14.6. The third kappa shape index (κ3) is 2.09. The third-order valence-electron chi connectivity index (χ3n) is 3.37. The molecule has 0 aliphatic heterocycles. The lowest BCUT2D eigenvalue weighted by Crippen LogP contribution is -2.09. The van der Waals surface area contributed by atoms with E-state index in [0.717, 1.165) is 19.4 Å². The summed E-state index contributed by atoms with van der Waals surface area (Å²) >= 11 is 6.24. The SMILES string of the molecule is Clc1nc2c(n1Cc1ccccc1)CCCC2. The number of nitrogens with zero attached hydrogens (tertiary/aromatic N) is 2. The number of hydrogen-bond donors (Lipinski definition) is 0. The zero-order valence-electron chi connectivity index (χ0n) is 9.69. The second-order valence-corrected chi connectivity index (χ2v) is 4.89. The molecule has 2 aromatic rings. The van der Waals surface area contributed by atoms with Gasteiger partial charge in [0.15, 0.2) is 0 Å². The van der Waals surface area contributed by atoms with E-state index in [9.17, 15) is 0 Å². The molecule has 88 valence electrons. The lowest BCUT2D eigenvalue weighted by atomic mass is 10.0. The van der Waals surface area contributed by atoms with Crippen molar-refractivity contribution in [2.75, 3.05) is 0 Å². The molecule has 0 unspecified atom stereocenters. The first kappa shape index (κ1) is 10.8. The molecule has 0 saturated heterocycles. The molecule has 2 nitrogen and oxygen atoms in total. The minimum atomic E-state index is 0.640. The molecule has 3 heteroatoms. The number of imidazole rings is 1. The molecule has 0 bridgehead atoms. The van der Waals surface area contributed by atoms with Crippen LogP contribution in [0.1, 0.15) is 29.8 Å². The fourth-order valence-corrected chi connectivity index (χ4v) is 2.76. The van der Waals surface area contributed by atoms with Gasteiger partial charge in [-0.05, 0) is 42.8 Å². The second kappa shape index (κ2) is 4.53. The van der Waals surface area contributed by atoms with Gasteiger partial charge in [0.1, 0.15) is 0 Å². The summed E-state index contributed by atoms with van der Waals surface area (Å²) < 4.78 is 2.16. The zero-order valence-corrected chi connectivity index (χ0v) is 10.5. The maximum atomic E-state index is 6.24. The predicted molar refractivity (Wildman–Crippen MR) is 69.4 cm³/mol. The van der Waals surface area contributed by atoms with Gasteiger partial charge in [-0.25, -0.2) is 4.98 Å². The van der Waals surface area contributed by atoms with Crippen LogP contribution in [0.3, 0.4) is 0 Å². The molecule has 0 atom stereocenters. The molecule has 0 spiro atoms. The van der Waals surface area contributed by atoms with E-state index in [1.165, 1.54) is 29.8 Å². The van der Waals surface area contributed by atoms with Gasteiger partial charge in [-0.2, -0.15) is 0 Å². The lowest BCUT2D eigenvalue weighted by Gasteiger charge is -2.14. The Balaban J connectivity index is 1.95. The van der Waals surface area contributed by atoms with Gasteiger partial charge in [-0.1, -0.05) is 30.3 Å². The quantitative estimate of drug-likeness (QED) is 0.794. The van der Waals surface area contributed by atoms with Gasteiger partial charge >= 0.3 is 0 Å². The van der Waals surface area contributed by atoms with Crippen LogP contribution in [0.2, 0.25) is 5.28 Å². The van der Waals surface area contributed by atoms with Crippen LogP contribution in [0, 0.1) is 0 Å². The van der Waals surface area contributed by atoms with Crippen molar-refractivity contribution in [2.45, 2.75) is 32.2 Å². The number of hydrogen-bond acceptors (Lipinski definition) is 1. The molecule has 0 radical (unpaired) electrons. The van der Waals surface area contributed by atoms with Crippen molar-refractivity contribution in [3.63, 3.8) is 0 Å². The maximum absolute atomic E-state index is 6.24. The van der Waals surface area contributed by atoms with Crippen LogP contribution in [-0.2, 0) is 19.4 Å². The van der Waals surface area contributed by atoms with E-state index in [2.05, 4.69) is 33.8 Å². The Kier molecular flexibility index (Phi) is 2.89. The van der Waals surface area contributed by atoms with Crippen LogP contribution in [0.25, 0.3) is 0 Å². The van der Waals surface area contributed by atoms with Crippen LogP contribution in [-0.4, -0.2) is 9.55 Å². The fourth-order valence-electron chi connectivity index (χ4n) is 2.49. The van der Waals surface area contributed by atoms with Crippen LogP contribution in [0.15, 0.2) is 30.3 Å². The van der Waals surface area contributed by atoms with Crippen molar-refractivity contribution in [1.82, 2.24) is 9.55 Å². The molecular weight excluding hydrogens is 232 g/mol. The van der Waals surface area contributed by atoms with E-state index in [4.69, 9.17) is 11.6 Å². The highest BCUT2D eigenvalue weighted by Gasteiger charge is 2.18. The number of benzene rings is 1. The predicted octanol–water partition coefficient (Wildman–Crippen LogP) is 3.46. The summed E-state index contributed by atoms with van der Waals surface area (Å²) in [4.78, 5) is 4.48. The van der Waals surface area contributed by atoms with Crippen LogP contribution in [0.5, 0.6) is 0 Å². The van der Waals surface area contributed by atoms with Crippen molar-refractivity contribution >= 4 is 11.6 Å². The maximum Gasteiger partial charge on any atom is 0.203 e. The highest BCUT2D eigenvalue weighted by atomic mass is 35.5. The summed E-state index contributed by atoms with van der Waals surface area (Å²) in [6, 6.07) is 10.4. The van der Waals surface area contributed by atoms with Crippen molar-refractivity contribution in [1.29, 1.82) is 0 Å². The zero-order chi connectivity index (χ0) is 11.7. The van der Waals surface area contributed by atoms with Gasteiger partial charge in [0.25, 0.3) is 0 Å². The van der Waals surface area contributed by atoms with Gasteiger partial charge in [0.05, 0.1) is 12.2 Å². The second-order valence-electron chi connectivity index (χ2n) is 4.55. The third-order valence-corrected chi connectivity index (χ3v) is 3.66. The summed E-state index contributed by atoms with van der Waals surface area (Å²) in [7, 11) is 0. The van der Waals surface area contributed by atoms with E-state index in [-0.39, 0.29) is 0 Å². The van der Waals surface area contributed by atoms with Gasteiger partial charge in [0, 0.05) is 5.69 Å². The number of halogens is 1. The van der Waals surface area contributed by atoms with Crippen molar-refractivity contribution in [3.05, 3.63) is 52.6 Å². The van der Waals surface area contributed by atoms with Crippen molar-refractivity contribution < 1.29 is 0 Å². The lowest BCUT2D eigenvalue weighted by molar-refractivity contribution is 0.629. The average molecular weight is 247 g/mol. The number of rotatable bonds is 2. The Hall–Kier alpha value is -1.28. The molecular formula is C14H15ClN2. The van der Waals surface area contributed by atoms with Crippen LogP contribution in [0.4, 0.5) is 0 Å². The Morgan fingerprint density at radius 2 is 1.88 bits per heavy atom. The van der Waals surface area contributed by atoms with Gasteiger partial charge < -0.3 is 4.57 Å². The van der Waals surface area contributed by atoms with Gasteiger partial charge in [-0.3, -0.25) is 0 Å². The van der Waals surface area contributed by atoms with E-state index in [1.807, 2.05) is 6.07 Å². The van der Waals surface area contributed by atoms with E-state index in [0.29, 0.717) is 5.28 Å². The molecule has 0 N–H and O–H groups in total. The Morgan fingerprint density at radius 1 is 1.12 bits per heavy atom.